The van der Waals surface area contributed by atoms with Crippen molar-refractivity contribution in [2.75, 3.05) is 0 Å². The highest BCUT2D eigenvalue weighted by Gasteiger charge is 2.31. The molecule has 2 rings (SSSR count). The summed E-state index contributed by atoms with van der Waals surface area (Å²) in [6, 6.07) is 8.11. The van der Waals surface area contributed by atoms with E-state index in [2.05, 4.69) is 25.2 Å². The molecule has 0 amide bonds. The van der Waals surface area contributed by atoms with Crippen molar-refractivity contribution in [2.45, 2.75) is 52.1 Å². The molecule has 17 heavy (non-hydrogen) atoms. The number of benzene rings is 1. The van der Waals surface area contributed by atoms with Gasteiger partial charge in [-0.1, -0.05) is 38.8 Å². The van der Waals surface area contributed by atoms with Crippen LogP contribution in [0.5, 0.6) is 5.75 Å². The van der Waals surface area contributed by atoms with Crippen molar-refractivity contribution in [2.24, 2.45) is 5.41 Å². The predicted molar refractivity (Wildman–Crippen MR) is 71.0 cm³/mol. The molecule has 2 nitrogen and oxygen atoms in total. The average molecular weight is 233 g/mol. The first kappa shape index (κ1) is 12.4. The van der Waals surface area contributed by atoms with E-state index in [9.17, 15) is 5.11 Å². The second-order valence-electron chi connectivity index (χ2n) is 5.84. The van der Waals surface area contributed by atoms with Crippen LogP contribution in [0, 0.1) is 5.41 Å². The molecule has 0 bridgehead atoms. The van der Waals surface area contributed by atoms with Gasteiger partial charge < -0.3 is 10.4 Å². The lowest BCUT2D eigenvalue weighted by Crippen LogP contribution is -2.43. The standard InChI is InChI=1S/C15H23NO/c1-15(2)9-4-3-8-14(15)16-11-12-6-5-7-13(17)10-12/h5-7,10,14,16-17H,3-4,8-9,11H2,1-2H3. The molecule has 2 heteroatoms. The van der Waals surface area contributed by atoms with Crippen molar-refractivity contribution in [3.63, 3.8) is 0 Å². The maximum absolute atomic E-state index is 9.42. The maximum Gasteiger partial charge on any atom is 0.115 e. The molecule has 94 valence electrons. The molecule has 1 unspecified atom stereocenters. The van der Waals surface area contributed by atoms with E-state index in [-0.39, 0.29) is 0 Å². The Morgan fingerprint density at radius 1 is 1.35 bits per heavy atom. The first-order chi connectivity index (χ1) is 8.08. The Morgan fingerprint density at radius 3 is 2.88 bits per heavy atom. The summed E-state index contributed by atoms with van der Waals surface area (Å²) in [5.41, 5.74) is 1.56. The fourth-order valence-electron chi connectivity index (χ4n) is 2.78. The van der Waals surface area contributed by atoms with Crippen LogP contribution in [0.4, 0.5) is 0 Å². The number of phenols is 1. The molecular weight excluding hydrogens is 210 g/mol. The van der Waals surface area contributed by atoms with Crippen LogP contribution in [0.15, 0.2) is 24.3 Å². The second kappa shape index (κ2) is 5.09. The third-order valence-corrected chi connectivity index (χ3v) is 3.97. The number of hydrogen-bond donors (Lipinski definition) is 2. The predicted octanol–water partition coefficient (Wildman–Crippen LogP) is 3.45. The van der Waals surface area contributed by atoms with E-state index in [4.69, 9.17) is 0 Å². The highest BCUT2D eigenvalue weighted by molar-refractivity contribution is 5.27. The molecule has 0 saturated heterocycles. The molecule has 1 aliphatic carbocycles. The highest BCUT2D eigenvalue weighted by Crippen LogP contribution is 2.35. The van der Waals surface area contributed by atoms with E-state index in [0.717, 1.165) is 12.1 Å². The summed E-state index contributed by atoms with van der Waals surface area (Å²) in [5, 5.41) is 13.1. The summed E-state index contributed by atoms with van der Waals surface area (Å²) >= 11 is 0. The molecule has 0 heterocycles. The minimum absolute atomic E-state index is 0.354. The molecule has 1 aromatic rings. The zero-order valence-corrected chi connectivity index (χ0v) is 10.9. The molecular formula is C15H23NO. The fraction of sp³-hybridized carbons (Fsp3) is 0.600. The van der Waals surface area contributed by atoms with Crippen LogP contribution in [-0.2, 0) is 6.54 Å². The fourth-order valence-corrected chi connectivity index (χ4v) is 2.78. The Kier molecular flexibility index (Phi) is 3.72. The van der Waals surface area contributed by atoms with Crippen LogP contribution in [0.2, 0.25) is 0 Å². The molecule has 1 aliphatic rings. The third-order valence-electron chi connectivity index (χ3n) is 3.97. The first-order valence-electron chi connectivity index (χ1n) is 6.59. The number of aromatic hydroxyl groups is 1. The molecule has 1 atom stereocenters. The van der Waals surface area contributed by atoms with Gasteiger partial charge in [-0.3, -0.25) is 0 Å². The molecule has 1 aromatic carbocycles. The van der Waals surface area contributed by atoms with Gasteiger partial charge in [-0.25, -0.2) is 0 Å². The van der Waals surface area contributed by atoms with E-state index in [1.807, 2.05) is 12.1 Å². The topological polar surface area (TPSA) is 32.3 Å². The van der Waals surface area contributed by atoms with Crippen molar-refractivity contribution < 1.29 is 5.11 Å². The molecule has 0 radical (unpaired) electrons. The minimum Gasteiger partial charge on any atom is -0.508 e. The Labute approximate surface area is 104 Å². The molecule has 2 N–H and O–H groups in total. The van der Waals surface area contributed by atoms with Gasteiger partial charge in [0.25, 0.3) is 0 Å². The molecule has 0 aromatic heterocycles. The Balaban J connectivity index is 1.93. The SMILES string of the molecule is CC1(C)CCCCC1NCc1cccc(O)c1. The van der Waals surface area contributed by atoms with Crippen molar-refractivity contribution >= 4 is 0 Å². The first-order valence-corrected chi connectivity index (χ1v) is 6.59. The zero-order valence-electron chi connectivity index (χ0n) is 10.9. The lowest BCUT2D eigenvalue weighted by atomic mass is 9.73. The molecule has 0 spiro atoms. The lowest BCUT2D eigenvalue weighted by Gasteiger charge is -2.39. The number of nitrogens with one attached hydrogen (secondary N) is 1. The van der Waals surface area contributed by atoms with Gasteiger partial charge in [0.15, 0.2) is 0 Å². The van der Waals surface area contributed by atoms with E-state index in [1.54, 1.807) is 6.07 Å². The summed E-state index contributed by atoms with van der Waals surface area (Å²) in [6.45, 7) is 5.56. The molecule has 1 saturated carbocycles. The smallest absolute Gasteiger partial charge is 0.115 e. The number of hydrogen-bond acceptors (Lipinski definition) is 2. The summed E-state index contributed by atoms with van der Waals surface area (Å²) in [7, 11) is 0. The van der Waals surface area contributed by atoms with Gasteiger partial charge in [0.1, 0.15) is 5.75 Å². The lowest BCUT2D eigenvalue weighted by molar-refractivity contribution is 0.167. The average Bonchev–Trinajstić information content (AvgIpc) is 2.27. The van der Waals surface area contributed by atoms with Crippen LogP contribution in [0.25, 0.3) is 0 Å². The zero-order chi connectivity index (χ0) is 12.3. The van der Waals surface area contributed by atoms with Crippen LogP contribution in [0.1, 0.15) is 45.1 Å². The van der Waals surface area contributed by atoms with E-state index < -0.39 is 0 Å². The Hall–Kier alpha value is -1.02. The van der Waals surface area contributed by atoms with Crippen molar-refractivity contribution in [3.05, 3.63) is 29.8 Å². The van der Waals surface area contributed by atoms with Crippen molar-refractivity contribution in [1.29, 1.82) is 0 Å². The van der Waals surface area contributed by atoms with Crippen LogP contribution < -0.4 is 5.32 Å². The van der Waals surface area contributed by atoms with Gasteiger partial charge >= 0.3 is 0 Å². The second-order valence-corrected chi connectivity index (χ2v) is 5.84. The monoisotopic (exact) mass is 233 g/mol. The Bertz CT molecular complexity index is 373. The number of phenolic OH excluding ortho intramolecular Hbond substituents is 1. The summed E-state index contributed by atoms with van der Waals surface area (Å²) < 4.78 is 0. The summed E-state index contributed by atoms with van der Waals surface area (Å²) in [4.78, 5) is 0. The van der Waals surface area contributed by atoms with Crippen LogP contribution in [-0.4, -0.2) is 11.1 Å². The van der Waals surface area contributed by atoms with Gasteiger partial charge in [0, 0.05) is 12.6 Å². The van der Waals surface area contributed by atoms with Gasteiger partial charge in [-0.2, -0.15) is 0 Å². The van der Waals surface area contributed by atoms with Crippen LogP contribution in [0.3, 0.4) is 0 Å². The van der Waals surface area contributed by atoms with E-state index in [1.165, 1.54) is 25.7 Å². The highest BCUT2D eigenvalue weighted by atomic mass is 16.3. The summed E-state index contributed by atoms with van der Waals surface area (Å²) in [5.74, 6) is 0.354. The van der Waals surface area contributed by atoms with Crippen molar-refractivity contribution in [3.8, 4) is 5.75 Å². The van der Waals surface area contributed by atoms with Gasteiger partial charge in [-0.15, -0.1) is 0 Å². The van der Waals surface area contributed by atoms with Gasteiger partial charge in [0.2, 0.25) is 0 Å². The molecule has 0 aliphatic heterocycles. The third kappa shape index (κ3) is 3.22. The number of rotatable bonds is 3. The molecule has 1 fully saturated rings. The van der Waals surface area contributed by atoms with Gasteiger partial charge in [-0.05, 0) is 36.0 Å². The quantitative estimate of drug-likeness (QED) is 0.838. The van der Waals surface area contributed by atoms with E-state index >= 15 is 0 Å². The van der Waals surface area contributed by atoms with Crippen LogP contribution >= 0.6 is 0 Å². The Morgan fingerprint density at radius 2 is 2.18 bits per heavy atom. The van der Waals surface area contributed by atoms with E-state index in [0.29, 0.717) is 17.2 Å². The van der Waals surface area contributed by atoms with Crippen molar-refractivity contribution in [1.82, 2.24) is 5.32 Å². The van der Waals surface area contributed by atoms with Gasteiger partial charge in [0.05, 0.1) is 0 Å². The minimum atomic E-state index is 0.354. The summed E-state index contributed by atoms with van der Waals surface area (Å²) in [6.07, 6.45) is 5.27. The largest absolute Gasteiger partial charge is 0.508 e. The normalized spacial score (nSPS) is 23.5. The maximum atomic E-state index is 9.42.